The second-order valence-electron chi connectivity index (χ2n) is 7.19. The van der Waals surface area contributed by atoms with Crippen LogP contribution in [0.25, 0.3) is 0 Å². The summed E-state index contributed by atoms with van der Waals surface area (Å²) >= 11 is 1.69. The van der Waals surface area contributed by atoms with Crippen LogP contribution < -0.4 is 10.6 Å². The maximum absolute atomic E-state index is 12.6. The number of hydrogen-bond acceptors (Lipinski definition) is 3. The zero-order chi connectivity index (χ0) is 19.9. The Labute approximate surface area is 171 Å². The molecule has 1 aromatic carbocycles. The van der Waals surface area contributed by atoms with Gasteiger partial charge in [-0.25, -0.2) is 4.79 Å². The summed E-state index contributed by atoms with van der Waals surface area (Å²) in [6.45, 7) is 5.30. The van der Waals surface area contributed by atoms with Crippen LogP contribution in [0.15, 0.2) is 41.8 Å². The molecule has 2 N–H and O–H groups in total. The molecular weight excluding hydrogens is 370 g/mol. The number of benzene rings is 1. The minimum atomic E-state index is -0.201. The molecule has 3 amide bonds. The average Bonchev–Trinajstić information content (AvgIpc) is 3.42. The number of amides is 3. The maximum atomic E-state index is 12.6. The molecule has 1 aromatic heterocycles. The molecule has 1 unspecified atom stereocenters. The van der Waals surface area contributed by atoms with Gasteiger partial charge in [0.15, 0.2) is 0 Å². The van der Waals surface area contributed by atoms with Crippen molar-refractivity contribution in [2.75, 3.05) is 18.4 Å². The van der Waals surface area contributed by atoms with Crippen molar-refractivity contribution in [1.82, 2.24) is 10.2 Å². The van der Waals surface area contributed by atoms with E-state index >= 15 is 0 Å². The van der Waals surface area contributed by atoms with Crippen LogP contribution in [0.2, 0.25) is 0 Å². The van der Waals surface area contributed by atoms with Crippen LogP contribution in [-0.2, 0) is 0 Å². The van der Waals surface area contributed by atoms with Crippen LogP contribution in [0.4, 0.5) is 10.5 Å². The second kappa shape index (κ2) is 9.73. The van der Waals surface area contributed by atoms with E-state index in [1.165, 1.54) is 17.7 Å². The molecule has 1 heterocycles. The van der Waals surface area contributed by atoms with E-state index in [9.17, 15) is 9.59 Å². The van der Waals surface area contributed by atoms with E-state index in [0.717, 1.165) is 12.8 Å². The van der Waals surface area contributed by atoms with Gasteiger partial charge < -0.3 is 15.5 Å². The fourth-order valence-electron chi connectivity index (χ4n) is 3.88. The van der Waals surface area contributed by atoms with Crippen molar-refractivity contribution >= 4 is 29.0 Å². The van der Waals surface area contributed by atoms with Crippen LogP contribution in [0, 0.1) is 5.92 Å². The number of urea groups is 1. The Kier molecular flexibility index (Phi) is 7.09. The van der Waals surface area contributed by atoms with E-state index in [-0.39, 0.29) is 18.0 Å². The molecule has 3 rings (SSSR count). The first kappa shape index (κ1) is 20.4. The minimum absolute atomic E-state index is 0.0139. The molecule has 1 atom stereocenters. The lowest BCUT2D eigenvalue weighted by molar-refractivity contribution is 0.0773. The smallest absolute Gasteiger partial charge is 0.319 e. The van der Waals surface area contributed by atoms with E-state index in [1.54, 1.807) is 40.5 Å². The monoisotopic (exact) mass is 399 g/mol. The Morgan fingerprint density at radius 2 is 1.79 bits per heavy atom. The summed E-state index contributed by atoms with van der Waals surface area (Å²) in [5.74, 6) is 0.512. The van der Waals surface area contributed by atoms with Crippen LogP contribution >= 0.6 is 11.3 Å². The number of hydrogen-bond donors (Lipinski definition) is 2. The third-order valence-corrected chi connectivity index (χ3v) is 6.40. The molecule has 1 aliphatic rings. The van der Waals surface area contributed by atoms with Crippen molar-refractivity contribution in [3.05, 3.63) is 52.2 Å². The van der Waals surface area contributed by atoms with Gasteiger partial charge in [-0.3, -0.25) is 4.79 Å². The quantitative estimate of drug-likeness (QED) is 0.665. The van der Waals surface area contributed by atoms with Crippen LogP contribution in [0.5, 0.6) is 0 Å². The van der Waals surface area contributed by atoms with Crippen molar-refractivity contribution in [2.45, 2.75) is 45.6 Å². The molecule has 0 spiro atoms. The highest BCUT2D eigenvalue weighted by Gasteiger charge is 2.28. The lowest BCUT2D eigenvalue weighted by Crippen LogP contribution is -2.35. The number of anilines is 1. The standard InChI is InChI=1S/C22H29N3O2S/c1-3-25(4-2)21(26)17-11-13-18(14-12-17)23-22(27)24-20(16-8-5-6-9-16)19-10-7-15-28-19/h7,10-16,20H,3-6,8-9H2,1-2H3,(H2,23,24,27). The van der Waals surface area contributed by atoms with Crippen molar-refractivity contribution in [2.24, 2.45) is 5.92 Å². The van der Waals surface area contributed by atoms with Gasteiger partial charge in [-0.1, -0.05) is 18.9 Å². The van der Waals surface area contributed by atoms with Gasteiger partial charge in [0.05, 0.1) is 6.04 Å². The third kappa shape index (κ3) is 4.93. The molecule has 1 saturated carbocycles. The first-order valence-corrected chi connectivity index (χ1v) is 11.0. The average molecular weight is 400 g/mol. The molecule has 6 heteroatoms. The van der Waals surface area contributed by atoms with Crippen molar-refractivity contribution < 1.29 is 9.59 Å². The summed E-state index contributed by atoms with van der Waals surface area (Å²) in [5.41, 5.74) is 1.32. The molecule has 5 nitrogen and oxygen atoms in total. The van der Waals surface area contributed by atoms with Gasteiger partial charge >= 0.3 is 6.03 Å². The summed E-state index contributed by atoms with van der Waals surface area (Å²) in [4.78, 5) is 28.0. The summed E-state index contributed by atoms with van der Waals surface area (Å²) in [7, 11) is 0. The molecule has 0 bridgehead atoms. The highest BCUT2D eigenvalue weighted by Crippen LogP contribution is 2.37. The molecular formula is C22H29N3O2S. The van der Waals surface area contributed by atoms with Gasteiger partial charge in [0.25, 0.3) is 5.91 Å². The molecule has 150 valence electrons. The van der Waals surface area contributed by atoms with Crippen molar-refractivity contribution in [1.29, 1.82) is 0 Å². The highest BCUT2D eigenvalue weighted by atomic mass is 32.1. The largest absolute Gasteiger partial charge is 0.339 e. The van der Waals surface area contributed by atoms with Gasteiger partial charge in [-0.2, -0.15) is 0 Å². The Bertz CT molecular complexity index is 764. The molecule has 28 heavy (non-hydrogen) atoms. The molecule has 2 aromatic rings. The molecule has 0 saturated heterocycles. The minimum Gasteiger partial charge on any atom is -0.339 e. The number of nitrogens with zero attached hydrogens (tertiary/aromatic N) is 1. The SMILES string of the molecule is CCN(CC)C(=O)c1ccc(NC(=O)NC(c2cccs2)C2CCCC2)cc1. The second-order valence-corrected chi connectivity index (χ2v) is 8.17. The number of carbonyl (C=O) groups excluding carboxylic acids is 2. The number of thiophene rings is 1. The van der Waals surface area contributed by atoms with Crippen LogP contribution in [0.3, 0.4) is 0 Å². The van der Waals surface area contributed by atoms with Crippen LogP contribution in [-0.4, -0.2) is 29.9 Å². The zero-order valence-electron chi connectivity index (χ0n) is 16.6. The lowest BCUT2D eigenvalue weighted by Gasteiger charge is -2.24. The Morgan fingerprint density at radius 3 is 2.36 bits per heavy atom. The zero-order valence-corrected chi connectivity index (χ0v) is 17.4. The topological polar surface area (TPSA) is 61.4 Å². The van der Waals surface area contributed by atoms with E-state index in [2.05, 4.69) is 22.1 Å². The van der Waals surface area contributed by atoms with Gasteiger partial charge in [-0.15, -0.1) is 11.3 Å². The number of carbonyl (C=O) groups is 2. The fourth-order valence-corrected chi connectivity index (χ4v) is 4.75. The fraction of sp³-hybridized carbons (Fsp3) is 0.455. The summed E-state index contributed by atoms with van der Waals surface area (Å²) in [6, 6.07) is 11.1. The van der Waals surface area contributed by atoms with Gasteiger partial charge in [0, 0.05) is 29.2 Å². The van der Waals surface area contributed by atoms with E-state index in [4.69, 9.17) is 0 Å². The summed E-state index contributed by atoms with van der Waals surface area (Å²) in [6.07, 6.45) is 4.78. The molecule has 1 aliphatic carbocycles. The van der Waals surface area contributed by atoms with Crippen molar-refractivity contribution in [3.63, 3.8) is 0 Å². The van der Waals surface area contributed by atoms with Crippen LogP contribution in [0.1, 0.15) is 60.8 Å². The summed E-state index contributed by atoms with van der Waals surface area (Å²) < 4.78 is 0. The Morgan fingerprint density at radius 1 is 1.11 bits per heavy atom. The normalized spacial score (nSPS) is 15.2. The number of rotatable bonds is 7. The molecule has 0 radical (unpaired) electrons. The first-order valence-electron chi connectivity index (χ1n) is 10.1. The third-order valence-electron chi connectivity index (χ3n) is 5.45. The van der Waals surface area contributed by atoms with E-state index in [0.29, 0.717) is 30.3 Å². The lowest BCUT2D eigenvalue weighted by atomic mass is 9.97. The first-order chi connectivity index (χ1) is 13.6. The number of nitrogens with one attached hydrogen (secondary N) is 2. The predicted octanol–water partition coefficient (Wildman–Crippen LogP) is 5.28. The molecule has 0 aliphatic heterocycles. The van der Waals surface area contributed by atoms with Gasteiger partial charge in [0.1, 0.15) is 0 Å². The Balaban J connectivity index is 1.62. The van der Waals surface area contributed by atoms with E-state index < -0.39 is 0 Å². The maximum Gasteiger partial charge on any atom is 0.319 e. The highest BCUT2D eigenvalue weighted by molar-refractivity contribution is 7.10. The molecule has 1 fully saturated rings. The van der Waals surface area contributed by atoms with Gasteiger partial charge in [-0.05, 0) is 68.3 Å². The Hall–Kier alpha value is -2.34. The predicted molar refractivity (Wildman–Crippen MR) is 115 cm³/mol. The van der Waals surface area contributed by atoms with Gasteiger partial charge in [0.2, 0.25) is 0 Å². The summed E-state index contributed by atoms with van der Waals surface area (Å²) in [5, 5.41) is 8.14. The van der Waals surface area contributed by atoms with Crippen molar-refractivity contribution in [3.8, 4) is 0 Å². The van der Waals surface area contributed by atoms with E-state index in [1.807, 2.05) is 19.9 Å².